The fraction of sp³-hybridized carbons (Fsp3) is 0.417. The lowest BCUT2D eigenvalue weighted by Gasteiger charge is -2.22. The molecule has 0 aliphatic carbocycles. The zero-order valence-electron chi connectivity index (χ0n) is 10.6. The molecule has 0 spiro atoms. The van der Waals surface area contributed by atoms with Gasteiger partial charge in [-0.2, -0.15) is 17.0 Å². The molecule has 0 amide bonds. The van der Waals surface area contributed by atoms with Gasteiger partial charge in [0.15, 0.2) is 0 Å². The molecule has 0 saturated heterocycles. The second-order valence-corrected chi connectivity index (χ2v) is 5.93. The number of nitrogens with one attached hydrogen (secondary N) is 1. The zero-order valence-corrected chi connectivity index (χ0v) is 11.4. The Balaban J connectivity index is 2.96. The largest absolute Gasteiger partial charge is 0.378 e. The molecule has 0 heterocycles. The molecule has 0 atom stereocenters. The topological polar surface area (TPSA) is 79.0 Å². The van der Waals surface area contributed by atoms with Gasteiger partial charge in [-0.25, -0.2) is 0 Å². The summed E-state index contributed by atoms with van der Waals surface area (Å²) in [7, 11) is 0. The van der Waals surface area contributed by atoms with Gasteiger partial charge in [-0.1, -0.05) is 0 Å². The van der Waals surface area contributed by atoms with Crippen LogP contribution < -0.4 is 5.32 Å². The van der Waals surface area contributed by atoms with Crippen LogP contribution in [0.1, 0.15) is 19.4 Å². The van der Waals surface area contributed by atoms with E-state index in [0.717, 1.165) is 0 Å². The molecule has 0 radical (unpaired) electrons. The number of nitrogens with zero attached hydrogens (tertiary/aromatic N) is 2. The summed E-state index contributed by atoms with van der Waals surface area (Å²) < 4.78 is -0.0121. The first kappa shape index (κ1) is 14.3. The molecule has 6 heteroatoms. The average molecular weight is 265 g/mol. The smallest absolute Gasteiger partial charge is 0.293 e. The van der Waals surface area contributed by atoms with Crippen molar-refractivity contribution in [3.63, 3.8) is 0 Å². The number of thioether (sulfide) groups is 1. The Morgan fingerprint density at radius 1 is 1.56 bits per heavy atom. The number of nitro benzene ring substituents is 1. The van der Waals surface area contributed by atoms with Gasteiger partial charge in [0.2, 0.25) is 0 Å². The standard InChI is InChI=1S/C12H15N3O2S/c1-12(2,18-3)8-14-10-5-4-9(7-13)6-11(10)15(16)17/h4-6,14H,8H2,1-3H3. The molecule has 0 unspecified atom stereocenters. The molecule has 0 aliphatic heterocycles. The van der Waals surface area contributed by atoms with Gasteiger partial charge in [0.25, 0.3) is 5.69 Å². The van der Waals surface area contributed by atoms with E-state index in [2.05, 4.69) is 19.2 Å². The van der Waals surface area contributed by atoms with Crippen LogP contribution in [0.3, 0.4) is 0 Å². The van der Waals surface area contributed by atoms with Crippen molar-refractivity contribution in [2.45, 2.75) is 18.6 Å². The molecule has 0 saturated carbocycles. The highest BCUT2D eigenvalue weighted by Gasteiger charge is 2.19. The highest BCUT2D eigenvalue weighted by molar-refractivity contribution is 7.99. The summed E-state index contributed by atoms with van der Waals surface area (Å²) in [6, 6.07) is 6.33. The molecule has 18 heavy (non-hydrogen) atoms. The maximum Gasteiger partial charge on any atom is 0.293 e. The lowest BCUT2D eigenvalue weighted by Crippen LogP contribution is -2.26. The minimum atomic E-state index is -0.477. The van der Waals surface area contributed by atoms with Gasteiger partial charge in [-0.05, 0) is 32.2 Å². The van der Waals surface area contributed by atoms with E-state index in [1.54, 1.807) is 23.9 Å². The maximum atomic E-state index is 10.9. The Kier molecular flexibility index (Phi) is 4.56. The summed E-state index contributed by atoms with van der Waals surface area (Å²) in [6.07, 6.45) is 1.99. The summed E-state index contributed by atoms with van der Waals surface area (Å²) >= 11 is 1.68. The Morgan fingerprint density at radius 2 is 2.22 bits per heavy atom. The molecule has 1 N–H and O–H groups in total. The molecule has 1 rings (SSSR count). The first-order chi connectivity index (χ1) is 8.39. The molecule has 1 aromatic carbocycles. The third-order valence-corrected chi connectivity index (χ3v) is 3.83. The molecule has 0 aromatic heterocycles. The number of nitriles is 1. The van der Waals surface area contributed by atoms with Crippen molar-refractivity contribution < 1.29 is 4.92 Å². The second-order valence-electron chi connectivity index (χ2n) is 4.42. The number of rotatable bonds is 5. The van der Waals surface area contributed by atoms with Crippen molar-refractivity contribution in [3.05, 3.63) is 33.9 Å². The fourth-order valence-corrected chi connectivity index (χ4v) is 1.50. The van der Waals surface area contributed by atoms with Crippen LogP contribution in [0.2, 0.25) is 0 Å². The third-order valence-electron chi connectivity index (χ3n) is 2.58. The zero-order chi connectivity index (χ0) is 13.8. The van der Waals surface area contributed by atoms with Gasteiger partial charge < -0.3 is 5.32 Å². The van der Waals surface area contributed by atoms with Crippen LogP contribution in [0, 0.1) is 21.4 Å². The Morgan fingerprint density at radius 3 is 2.72 bits per heavy atom. The van der Waals surface area contributed by atoms with Gasteiger partial charge in [0.05, 0.1) is 16.6 Å². The van der Waals surface area contributed by atoms with Gasteiger partial charge >= 0.3 is 0 Å². The number of anilines is 1. The van der Waals surface area contributed by atoms with Crippen LogP contribution in [0.25, 0.3) is 0 Å². The SMILES string of the molecule is CSC(C)(C)CNc1ccc(C#N)cc1[N+](=O)[O-]. The Labute approximate surface area is 110 Å². The molecule has 1 aromatic rings. The number of hydrogen-bond donors (Lipinski definition) is 1. The molecule has 0 bridgehead atoms. The van der Waals surface area contributed by atoms with Crippen molar-refractivity contribution in [3.8, 4) is 6.07 Å². The van der Waals surface area contributed by atoms with E-state index in [4.69, 9.17) is 5.26 Å². The van der Waals surface area contributed by atoms with Crippen LogP contribution in [-0.4, -0.2) is 22.5 Å². The number of hydrogen-bond acceptors (Lipinski definition) is 5. The highest BCUT2D eigenvalue weighted by atomic mass is 32.2. The molecular formula is C12H15N3O2S. The molecular weight excluding hydrogens is 250 g/mol. The van der Waals surface area contributed by atoms with E-state index >= 15 is 0 Å². The molecule has 0 fully saturated rings. The van der Waals surface area contributed by atoms with Crippen LogP contribution in [-0.2, 0) is 0 Å². The van der Waals surface area contributed by atoms with Crippen molar-refractivity contribution in [2.24, 2.45) is 0 Å². The summed E-state index contributed by atoms with van der Waals surface area (Å²) in [4.78, 5) is 10.5. The van der Waals surface area contributed by atoms with Gasteiger partial charge in [0, 0.05) is 17.4 Å². The van der Waals surface area contributed by atoms with Gasteiger partial charge in [-0.3, -0.25) is 10.1 Å². The number of nitro groups is 1. The highest BCUT2D eigenvalue weighted by Crippen LogP contribution is 2.28. The van der Waals surface area contributed by atoms with Crippen LogP contribution >= 0.6 is 11.8 Å². The van der Waals surface area contributed by atoms with Gasteiger partial charge in [-0.15, -0.1) is 0 Å². The quantitative estimate of drug-likeness (QED) is 0.654. The van der Waals surface area contributed by atoms with E-state index in [0.29, 0.717) is 12.2 Å². The Bertz CT molecular complexity index is 495. The van der Waals surface area contributed by atoms with Crippen LogP contribution in [0.4, 0.5) is 11.4 Å². The third kappa shape index (κ3) is 3.64. The van der Waals surface area contributed by atoms with Crippen LogP contribution in [0.5, 0.6) is 0 Å². The first-order valence-electron chi connectivity index (χ1n) is 5.37. The molecule has 96 valence electrons. The average Bonchev–Trinajstić information content (AvgIpc) is 2.36. The fourth-order valence-electron chi connectivity index (χ4n) is 1.28. The first-order valence-corrected chi connectivity index (χ1v) is 6.59. The van der Waals surface area contributed by atoms with Crippen molar-refractivity contribution in [1.29, 1.82) is 5.26 Å². The van der Waals surface area contributed by atoms with Crippen molar-refractivity contribution in [2.75, 3.05) is 18.1 Å². The van der Waals surface area contributed by atoms with Crippen molar-refractivity contribution in [1.82, 2.24) is 0 Å². The maximum absolute atomic E-state index is 10.9. The summed E-state index contributed by atoms with van der Waals surface area (Å²) in [5.41, 5.74) is 0.670. The lowest BCUT2D eigenvalue weighted by atomic mass is 10.1. The van der Waals surface area contributed by atoms with E-state index < -0.39 is 4.92 Å². The van der Waals surface area contributed by atoms with Crippen molar-refractivity contribution >= 4 is 23.1 Å². The van der Waals surface area contributed by atoms with E-state index in [9.17, 15) is 10.1 Å². The predicted molar refractivity (Wildman–Crippen MR) is 73.9 cm³/mol. The normalized spacial score (nSPS) is 10.8. The van der Waals surface area contributed by atoms with E-state index in [-0.39, 0.29) is 16.0 Å². The minimum absolute atomic E-state index is 0.0121. The van der Waals surface area contributed by atoms with E-state index in [1.807, 2.05) is 12.3 Å². The Hall–Kier alpha value is -1.74. The van der Waals surface area contributed by atoms with E-state index in [1.165, 1.54) is 6.07 Å². The number of benzene rings is 1. The second kappa shape index (κ2) is 5.74. The summed E-state index contributed by atoms with van der Waals surface area (Å²) in [5.74, 6) is 0. The summed E-state index contributed by atoms with van der Waals surface area (Å²) in [5, 5.41) is 22.7. The van der Waals surface area contributed by atoms with Crippen LogP contribution in [0.15, 0.2) is 18.2 Å². The predicted octanol–water partition coefficient (Wildman–Crippen LogP) is 3.02. The molecule has 5 nitrogen and oxygen atoms in total. The monoisotopic (exact) mass is 265 g/mol. The minimum Gasteiger partial charge on any atom is -0.378 e. The summed E-state index contributed by atoms with van der Waals surface area (Å²) in [6.45, 7) is 4.72. The van der Waals surface area contributed by atoms with Gasteiger partial charge in [0.1, 0.15) is 5.69 Å². The molecule has 0 aliphatic rings. The lowest BCUT2D eigenvalue weighted by molar-refractivity contribution is -0.384.